The lowest BCUT2D eigenvalue weighted by atomic mass is 10.0. The normalized spacial score (nSPS) is 13.2. The summed E-state index contributed by atoms with van der Waals surface area (Å²) < 4.78 is 5.55. The highest BCUT2D eigenvalue weighted by Crippen LogP contribution is 2.24. The molecule has 2 unspecified atom stereocenters. The maximum atomic E-state index is 9.04. The molecule has 0 aliphatic heterocycles. The highest BCUT2D eigenvalue weighted by Gasteiger charge is 2.20. The van der Waals surface area contributed by atoms with Gasteiger partial charge in [0.15, 0.2) is 11.5 Å². The summed E-state index contributed by atoms with van der Waals surface area (Å²) in [4.78, 5) is 8.12. The molecule has 1 aromatic carbocycles. The van der Waals surface area contributed by atoms with Crippen LogP contribution in [0, 0.1) is 11.3 Å². The lowest BCUT2D eigenvalue weighted by Crippen LogP contribution is -2.26. The minimum absolute atomic E-state index is 0.0972. The van der Waals surface area contributed by atoms with E-state index in [1.54, 1.807) is 13.3 Å². The van der Waals surface area contributed by atoms with Gasteiger partial charge in [-0.25, -0.2) is 9.97 Å². The summed E-state index contributed by atoms with van der Waals surface area (Å²) in [6.07, 6.45) is 2.83. The van der Waals surface area contributed by atoms with E-state index < -0.39 is 0 Å². The molecule has 0 bridgehead atoms. The molecule has 0 spiro atoms. The summed E-state index contributed by atoms with van der Waals surface area (Å²) in [6, 6.07) is 9.38. The van der Waals surface area contributed by atoms with Gasteiger partial charge in [0.2, 0.25) is 0 Å². The average Bonchev–Trinajstić information content (AvgIpc) is 2.50. The van der Waals surface area contributed by atoms with Gasteiger partial charge in [-0.15, -0.1) is 0 Å². The Morgan fingerprint density at radius 1 is 1.24 bits per heavy atom. The van der Waals surface area contributed by atoms with E-state index in [1.807, 2.05) is 37.3 Å². The van der Waals surface area contributed by atoms with Crippen molar-refractivity contribution in [3.63, 3.8) is 0 Å². The van der Waals surface area contributed by atoms with Crippen molar-refractivity contribution in [3.8, 4) is 6.07 Å². The molecule has 0 saturated carbocycles. The van der Waals surface area contributed by atoms with Gasteiger partial charge >= 0.3 is 0 Å². The zero-order valence-corrected chi connectivity index (χ0v) is 12.5. The third-order valence-electron chi connectivity index (χ3n) is 3.08. The summed E-state index contributed by atoms with van der Waals surface area (Å²) in [7, 11) is 1.64. The van der Waals surface area contributed by atoms with E-state index in [4.69, 9.17) is 21.6 Å². The number of hydrogen-bond acceptors (Lipinski definition) is 5. The van der Waals surface area contributed by atoms with E-state index in [0.29, 0.717) is 10.8 Å². The van der Waals surface area contributed by atoms with Crippen molar-refractivity contribution < 1.29 is 4.74 Å². The van der Waals surface area contributed by atoms with Gasteiger partial charge in [-0.3, -0.25) is 0 Å². The van der Waals surface area contributed by atoms with E-state index in [-0.39, 0.29) is 17.8 Å². The van der Waals surface area contributed by atoms with Crippen LogP contribution in [0.5, 0.6) is 0 Å². The maximum Gasteiger partial charge on any atom is 0.182 e. The summed E-state index contributed by atoms with van der Waals surface area (Å²) in [5.74, 6) is 0.448. The number of nitrogens with zero attached hydrogens (tertiary/aromatic N) is 3. The van der Waals surface area contributed by atoms with E-state index in [1.165, 1.54) is 6.20 Å². The topological polar surface area (TPSA) is 70.8 Å². The molecule has 2 rings (SSSR count). The molecule has 2 atom stereocenters. The first kappa shape index (κ1) is 15.2. The molecule has 1 aromatic heterocycles. The van der Waals surface area contributed by atoms with Crippen LogP contribution in [0.25, 0.3) is 0 Å². The Morgan fingerprint density at radius 3 is 2.52 bits per heavy atom. The van der Waals surface area contributed by atoms with Crippen LogP contribution in [0.15, 0.2) is 36.7 Å². The highest BCUT2D eigenvalue weighted by atomic mass is 35.5. The van der Waals surface area contributed by atoms with Gasteiger partial charge in [-0.05, 0) is 24.6 Å². The Hall–Kier alpha value is -2.16. The molecular formula is C15H15ClN4O. The van der Waals surface area contributed by atoms with E-state index in [9.17, 15) is 0 Å². The zero-order valence-electron chi connectivity index (χ0n) is 11.7. The van der Waals surface area contributed by atoms with Gasteiger partial charge in [-0.1, -0.05) is 23.7 Å². The van der Waals surface area contributed by atoms with Crippen LogP contribution in [-0.4, -0.2) is 23.1 Å². The minimum Gasteiger partial charge on any atom is -0.375 e. The fourth-order valence-electron chi connectivity index (χ4n) is 2.10. The Morgan fingerprint density at radius 2 is 1.90 bits per heavy atom. The van der Waals surface area contributed by atoms with Crippen molar-refractivity contribution in [2.75, 3.05) is 12.4 Å². The number of ether oxygens (including phenoxy) is 1. The summed E-state index contributed by atoms with van der Waals surface area (Å²) in [6.45, 7) is 1.96. The first-order valence-corrected chi connectivity index (χ1v) is 6.79. The second-order valence-electron chi connectivity index (χ2n) is 4.51. The molecule has 2 aromatic rings. The van der Waals surface area contributed by atoms with Crippen LogP contribution >= 0.6 is 11.6 Å². The second kappa shape index (κ2) is 7.02. The molecular weight excluding hydrogens is 288 g/mol. The highest BCUT2D eigenvalue weighted by molar-refractivity contribution is 6.30. The van der Waals surface area contributed by atoms with Crippen molar-refractivity contribution in [3.05, 3.63) is 52.9 Å². The lowest BCUT2D eigenvalue weighted by molar-refractivity contribution is 0.0906. The molecule has 108 valence electrons. The molecule has 6 heteroatoms. The van der Waals surface area contributed by atoms with Crippen molar-refractivity contribution in [2.24, 2.45) is 0 Å². The van der Waals surface area contributed by atoms with Crippen molar-refractivity contribution in [1.29, 1.82) is 5.26 Å². The van der Waals surface area contributed by atoms with Crippen LogP contribution in [0.3, 0.4) is 0 Å². The fraction of sp³-hybridized carbons (Fsp3) is 0.267. The monoisotopic (exact) mass is 302 g/mol. The largest absolute Gasteiger partial charge is 0.375 e. The van der Waals surface area contributed by atoms with Gasteiger partial charge in [0, 0.05) is 24.5 Å². The number of aromatic nitrogens is 2. The van der Waals surface area contributed by atoms with Gasteiger partial charge in [-0.2, -0.15) is 5.26 Å². The van der Waals surface area contributed by atoms with Gasteiger partial charge in [0.25, 0.3) is 0 Å². The molecule has 0 radical (unpaired) electrons. The Labute approximate surface area is 128 Å². The van der Waals surface area contributed by atoms with Gasteiger partial charge in [0.05, 0.1) is 6.04 Å². The van der Waals surface area contributed by atoms with Crippen LogP contribution < -0.4 is 5.32 Å². The third-order valence-corrected chi connectivity index (χ3v) is 3.33. The number of methoxy groups -OCH3 is 1. The predicted molar refractivity (Wildman–Crippen MR) is 81.0 cm³/mol. The van der Waals surface area contributed by atoms with E-state index in [0.717, 1.165) is 5.56 Å². The smallest absolute Gasteiger partial charge is 0.182 e. The summed E-state index contributed by atoms with van der Waals surface area (Å²) >= 11 is 5.90. The molecule has 0 fully saturated rings. The number of nitriles is 1. The van der Waals surface area contributed by atoms with Crippen LogP contribution in [-0.2, 0) is 4.74 Å². The van der Waals surface area contributed by atoms with Gasteiger partial charge < -0.3 is 10.1 Å². The van der Waals surface area contributed by atoms with E-state index >= 15 is 0 Å². The summed E-state index contributed by atoms with van der Waals surface area (Å²) in [5.41, 5.74) is 1.25. The molecule has 0 amide bonds. The van der Waals surface area contributed by atoms with E-state index in [2.05, 4.69) is 15.3 Å². The lowest BCUT2D eigenvalue weighted by Gasteiger charge is -2.24. The van der Waals surface area contributed by atoms with Crippen molar-refractivity contribution in [2.45, 2.75) is 19.1 Å². The molecule has 5 nitrogen and oxygen atoms in total. The fourth-order valence-corrected chi connectivity index (χ4v) is 2.22. The van der Waals surface area contributed by atoms with Crippen LogP contribution in [0.4, 0.5) is 5.82 Å². The van der Waals surface area contributed by atoms with Crippen molar-refractivity contribution in [1.82, 2.24) is 9.97 Å². The number of nitrogens with one attached hydrogen (secondary N) is 1. The third kappa shape index (κ3) is 3.69. The minimum atomic E-state index is -0.198. The zero-order chi connectivity index (χ0) is 15.2. The number of rotatable bonds is 5. The molecule has 1 N–H and O–H groups in total. The SMILES string of the molecule is COC(c1ccc(Cl)cc1)C(C)Nc1nccnc1C#N. The number of benzene rings is 1. The van der Waals surface area contributed by atoms with Crippen LogP contribution in [0.2, 0.25) is 5.02 Å². The van der Waals surface area contributed by atoms with Gasteiger partial charge in [0.1, 0.15) is 12.2 Å². The Balaban J connectivity index is 2.19. The molecule has 0 aliphatic carbocycles. The standard InChI is InChI=1S/C15H15ClN4O/c1-10(20-15-13(9-17)18-7-8-19-15)14(21-2)11-3-5-12(16)6-4-11/h3-8,10,14H,1-2H3,(H,19,20). The first-order chi connectivity index (χ1) is 10.2. The first-order valence-electron chi connectivity index (χ1n) is 6.41. The number of hydrogen-bond donors (Lipinski definition) is 1. The molecule has 1 heterocycles. The number of halogens is 1. The maximum absolute atomic E-state index is 9.04. The summed E-state index contributed by atoms with van der Waals surface area (Å²) in [5, 5.41) is 12.9. The Bertz CT molecular complexity index is 639. The Kier molecular flexibility index (Phi) is 5.09. The molecule has 21 heavy (non-hydrogen) atoms. The second-order valence-corrected chi connectivity index (χ2v) is 4.94. The molecule has 0 aliphatic rings. The quantitative estimate of drug-likeness (QED) is 0.918. The van der Waals surface area contributed by atoms with Crippen molar-refractivity contribution >= 4 is 17.4 Å². The average molecular weight is 303 g/mol. The molecule has 0 saturated heterocycles. The number of anilines is 1. The predicted octanol–water partition coefficient (Wildman–Crippen LogP) is 3.19. The van der Waals surface area contributed by atoms with Crippen LogP contribution in [0.1, 0.15) is 24.3 Å².